The maximum atomic E-state index is 11.1. The van der Waals surface area contributed by atoms with Crippen LogP contribution >= 0.6 is 0 Å². The summed E-state index contributed by atoms with van der Waals surface area (Å²) in [6.45, 7) is 5.14. The Morgan fingerprint density at radius 3 is 2.47 bits per heavy atom. The van der Waals surface area contributed by atoms with Crippen LogP contribution in [0, 0.1) is 5.92 Å². The average Bonchev–Trinajstić information content (AvgIpc) is 2.33. The van der Waals surface area contributed by atoms with Crippen LogP contribution in [0.25, 0.3) is 0 Å². The van der Waals surface area contributed by atoms with Gasteiger partial charge in [0.05, 0.1) is 13.2 Å². The molecule has 1 rings (SSSR count). The molecule has 1 aliphatic rings. The van der Waals surface area contributed by atoms with Crippen molar-refractivity contribution >= 4 is 5.91 Å². The molecule has 0 bridgehead atoms. The van der Waals surface area contributed by atoms with E-state index in [9.17, 15) is 15.0 Å². The van der Waals surface area contributed by atoms with Gasteiger partial charge in [-0.3, -0.25) is 4.79 Å². The summed E-state index contributed by atoms with van der Waals surface area (Å²) in [4.78, 5) is 11.1. The molecule has 0 aromatic heterocycles. The van der Waals surface area contributed by atoms with Crippen molar-refractivity contribution in [2.75, 3.05) is 13.2 Å². The number of ether oxygens (including phenoxy) is 2. The molecule has 0 aromatic rings. The highest BCUT2D eigenvalue weighted by Crippen LogP contribution is 2.22. The SMILES string of the molecule is CC(=O)N[C@@H]1[C@@H](OCC(C)C)O[C@@H](CO)[C@H](O)[C@H]1O. The van der Waals surface area contributed by atoms with E-state index in [1.165, 1.54) is 6.92 Å². The molecule has 0 aromatic carbocycles. The lowest BCUT2D eigenvalue weighted by Crippen LogP contribution is -2.64. The molecule has 1 amide bonds. The maximum absolute atomic E-state index is 11.1. The number of hydrogen-bond donors (Lipinski definition) is 4. The first-order valence-electron chi connectivity index (χ1n) is 6.38. The minimum Gasteiger partial charge on any atom is -0.394 e. The van der Waals surface area contributed by atoms with Crippen LogP contribution < -0.4 is 5.32 Å². The zero-order valence-electron chi connectivity index (χ0n) is 11.4. The van der Waals surface area contributed by atoms with Gasteiger partial charge in [-0.2, -0.15) is 0 Å². The summed E-state index contributed by atoms with van der Waals surface area (Å²) in [5.41, 5.74) is 0. The number of carbonyl (C=O) groups is 1. The van der Waals surface area contributed by atoms with Crippen molar-refractivity contribution in [2.45, 2.75) is 51.4 Å². The quantitative estimate of drug-likeness (QED) is 0.492. The van der Waals surface area contributed by atoms with Crippen molar-refractivity contribution in [3.8, 4) is 0 Å². The number of rotatable bonds is 5. The second kappa shape index (κ2) is 7.16. The Kier molecular flexibility index (Phi) is 6.15. The summed E-state index contributed by atoms with van der Waals surface area (Å²) in [6.07, 6.45) is -4.37. The Labute approximate surface area is 112 Å². The summed E-state index contributed by atoms with van der Waals surface area (Å²) in [6, 6.07) is -0.867. The number of aliphatic hydroxyl groups is 3. The highest BCUT2D eigenvalue weighted by Gasteiger charge is 2.45. The van der Waals surface area contributed by atoms with Gasteiger partial charge in [-0.05, 0) is 5.92 Å². The van der Waals surface area contributed by atoms with E-state index >= 15 is 0 Å². The molecule has 7 nitrogen and oxygen atoms in total. The van der Waals surface area contributed by atoms with Crippen LogP contribution in [0.2, 0.25) is 0 Å². The van der Waals surface area contributed by atoms with Crippen molar-refractivity contribution in [1.29, 1.82) is 0 Å². The van der Waals surface area contributed by atoms with E-state index in [1.54, 1.807) is 0 Å². The van der Waals surface area contributed by atoms with Crippen LogP contribution in [0.4, 0.5) is 0 Å². The molecule has 19 heavy (non-hydrogen) atoms. The van der Waals surface area contributed by atoms with Gasteiger partial charge in [0.2, 0.25) is 5.91 Å². The van der Waals surface area contributed by atoms with Gasteiger partial charge in [-0.15, -0.1) is 0 Å². The molecule has 4 N–H and O–H groups in total. The second-order valence-electron chi connectivity index (χ2n) is 5.16. The third kappa shape index (κ3) is 4.39. The first-order chi connectivity index (χ1) is 8.86. The summed E-state index contributed by atoms with van der Waals surface area (Å²) in [5, 5.41) is 31.4. The van der Waals surface area contributed by atoms with Crippen LogP contribution in [0.5, 0.6) is 0 Å². The molecular weight excluding hydrogens is 254 g/mol. The number of nitrogens with one attached hydrogen (secondary N) is 1. The molecule has 0 saturated carbocycles. The molecular formula is C12H23NO6. The third-order valence-corrected chi connectivity index (χ3v) is 2.84. The van der Waals surface area contributed by atoms with E-state index in [0.717, 1.165) is 0 Å². The fourth-order valence-corrected chi connectivity index (χ4v) is 1.90. The Morgan fingerprint density at radius 1 is 1.37 bits per heavy atom. The van der Waals surface area contributed by atoms with Gasteiger partial charge in [0.1, 0.15) is 24.4 Å². The zero-order chi connectivity index (χ0) is 14.6. The molecule has 7 heteroatoms. The van der Waals surface area contributed by atoms with Crippen LogP contribution in [-0.4, -0.2) is 65.1 Å². The molecule has 0 unspecified atom stereocenters. The number of hydrogen-bond acceptors (Lipinski definition) is 6. The fourth-order valence-electron chi connectivity index (χ4n) is 1.90. The van der Waals surface area contributed by atoms with Gasteiger partial charge in [0.25, 0.3) is 0 Å². The Morgan fingerprint density at radius 2 is 2.00 bits per heavy atom. The van der Waals surface area contributed by atoms with Crippen molar-refractivity contribution in [1.82, 2.24) is 5.32 Å². The van der Waals surface area contributed by atoms with E-state index in [2.05, 4.69) is 5.32 Å². The lowest BCUT2D eigenvalue weighted by molar-refractivity contribution is -0.272. The number of carbonyl (C=O) groups excluding carboxylic acids is 1. The van der Waals surface area contributed by atoms with Gasteiger partial charge in [0.15, 0.2) is 6.29 Å². The molecule has 1 aliphatic heterocycles. The predicted octanol–water partition coefficient (Wildman–Crippen LogP) is -1.40. The summed E-state index contributed by atoms with van der Waals surface area (Å²) >= 11 is 0. The second-order valence-corrected chi connectivity index (χ2v) is 5.16. The summed E-state index contributed by atoms with van der Waals surface area (Å²) in [5.74, 6) is -0.112. The standard InChI is InChI=1S/C12H23NO6/c1-6(2)5-18-12-9(13-7(3)15)11(17)10(16)8(4-14)19-12/h6,8-12,14,16-17H,4-5H2,1-3H3,(H,13,15)/t8-,9-,10-,11-,12-/m0/s1. The van der Waals surface area contributed by atoms with E-state index in [4.69, 9.17) is 14.6 Å². The van der Waals surface area contributed by atoms with Crippen LogP contribution in [0.3, 0.4) is 0 Å². The summed E-state index contributed by atoms with van der Waals surface area (Å²) in [7, 11) is 0. The van der Waals surface area contributed by atoms with E-state index < -0.39 is 37.3 Å². The van der Waals surface area contributed by atoms with Crippen molar-refractivity contribution in [3.05, 3.63) is 0 Å². The van der Waals surface area contributed by atoms with E-state index in [-0.39, 0.29) is 11.8 Å². The fraction of sp³-hybridized carbons (Fsp3) is 0.917. The lowest BCUT2D eigenvalue weighted by atomic mass is 9.97. The Hall–Kier alpha value is -0.730. The molecule has 0 radical (unpaired) electrons. The topological polar surface area (TPSA) is 108 Å². The number of aliphatic hydroxyl groups excluding tert-OH is 3. The van der Waals surface area contributed by atoms with E-state index in [1.807, 2.05) is 13.8 Å². The molecule has 1 saturated heterocycles. The maximum Gasteiger partial charge on any atom is 0.217 e. The van der Waals surface area contributed by atoms with Gasteiger partial charge in [-0.25, -0.2) is 0 Å². The highest BCUT2D eigenvalue weighted by molar-refractivity contribution is 5.73. The lowest BCUT2D eigenvalue weighted by Gasteiger charge is -2.42. The highest BCUT2D eigenvalue weighted by atomic mass is 16.7. The number of amides is 1. The smallest absolute Gasteiger partial charge is 0.217 e. The first-order valence-corrected chi connectivity index (χ1v) is 6.38. The first kappa shape index (κ1) is 16.3. The molecule has 5 atom stereocenters. The predicted molar refractivity (Wildman–Crippen MR) is 66.2 cm³/mol. The van der Waals surface area contributed by atoms with E-state index in [0.29, 0.717) is 6.61 Å². The zero-order valence-corrected chi connectivity index (χ0v) is 11.4. The summed E-state index contributed by atoms with van der Waals surface area (Å²) < 4.78 is 10.9. The van der Waals surface area contributed by atoms with Crippen LogP contribution in [0.1, 0.15) is 20.8 Å². The third-order valence-electron chi connectivity index (χ3n) is 2.84. The average molecular weight is 277 g/mol. The molecule has 0 spiro atoms. The van der Waals surface area contributed by atoms with Gasteiger partial charge >= 0.3 is 0 Å². The van der Waals surface area contributed by atoms with Crippen molar-refractivity contribution in [2.24, 2.45) is 5.92 Å². The Bertz CT molecular complexity index is 298. The largest absolute Gasteiger partial charge is 0.394 e. The Balaban J connectivity index is 2.77. The normalized spacial score (nSPS) is 35.4. The molecule has 0 aliphatic carbocycles. The van der Waals surface area contributed by atoms with Crippen molar-refractivity contribution < 1.29 is 29.6 Å². The van der Waals surface area contributed by atoms with Gasteiger partial charge in [0, 0.05) is 6.92 Å². The minimum absolute atomic E-state index is 0.248. The van der Waals surface area contributed by atoms with Crippen LogP contribution in [-0.2, 0) is 14.3 Å². The molecule has 1 fully saturated rings. The molecule has 1 heterocycles. The van der Waals surface area contributed by atoms with Gasteiger partial charge < -0.3 is 30.1 Å². The van der Waals surface area contributed by atoms with Gasteiger partial charge in [-0.1, -0.05) is 13.8 Å². The monoisotopic (exact) mass is 277 g/mol. The van der Waals surface area contributed by atoms with Crippen LogP contribution in [0.15, 0.2) is 0 Å². The minimum atomic E-state index is -1.28. The molecule has 112 valence electrons. The van der Waals surface area contributed by atoms with Crippen molar-refractivity contribution in [3.63, 3.8) is 0 Å².